The quantitative estimate of drug-likeness (QED) is 0.855. The average molecular weight is 353 g/mol. The third kappa shape index (κ3) is 3.76. The minimum atomic E-state index is -3.46. The summed E-state index contributed by atoms with van der Waals surface area (Å²) in [5.41, 5.74) is 0. The lowest BCUT2D eigenvalue weighted by Crippen LogP contribution is -2.48. The van der Waals surface area contributed by atoms with Crippen LogP contribution in [0.3, 0.4) is 0 Å². The van der Waals surface area contributed by atoms with Crippen LogP contribution in [0.25, 0.3) is 0 Å². The number of piperidine rings is 1. The van der Waals surface area contributed by atoms with Gasteiger partial charge in [0.1, 0.15) is 5.75 Å². The van der Waals surface area contributed by atoms with Crippen molar-refractivity contribution in [3.8, 4) is 5.75 Å². The van der Waals surface area contributed by atoms with Crippen LogP contribution in [0.15, 0.2) is 29.2 Å². The summed E-state index contributed by atoms with van der Waals surface area (Å²) in [4.78, 5) is 0.341. The van der Waals surface area contributed by atoms with E-state index < -0.39 is 10.0 Å². The summed E-state index contributed by atoms with van der Waals surface area (Å²) in [6.45, 7) is 4.80. The lowest BCUT2D eigenvalue weighted by Gasteiger charge is -2.34. The minimum Gasteiger partial charge on any atom is -0.493 e. The van der Waals surface area contributed by atoms with E-state index in [0.29, 0.717) is 35.3 Å². The van der Waals surface area contributed by atoms with Crippen LogP contribution in [0, 0.1) is 5.92 Å². The van der Waals surface area contributed by atoms with Gasteiger partial charge in [-0.1, -0.05) is 13.8 Å². The molecule has 3 rings (SSSR count). The summed E-state index contributed by atoms with van der Waals surface area (Å²) in [6, 6.07) is 7.82. The van der Waals surface area contributed by atoms with E-state index in [-0.39, 0.29) is 6.04 Å². The fourth-order valence-electron chi connectivity index (χ4n) is 3.66. The Morgan fingerprint density at radius 2 is 1.75 bits per heavy atom. The predicted octanol–water partition coefficient (Wildman–Crippen LogP) is 2.62. The molecule has 0 aliphatic carbocycles. The summed E-state index contributed by atoms with van der Waals surface area (Å²) in [5, 5.41) is 3.56. The van der Waals surface area contributed by atoms with E-state index in [1.165, 1.54) is 0 Å². The highest BCUT2D eigenvalue weighted by atomic mass is 32.2. The lowest BCUT2D eigenvalue weighted by atomic mass is 10.0. The molecule has 1 aromatic carbocycles. The molecule has 2 aliphatic rings. The van der Waals surface area contributed by atoms with Crippen LogP contribution in [0.2, 0.25) is 0 Å². The molecule has 24 heavy (non-hydrogen) atoms. The van der Waals surface area contributed by atoms with Crippen molar-refractivity contribution in [2.24, 2.45) is 5.92 Å². The van der Waals surface area contributed by atoms with Crippen LogP contribution in [-0.2, 0) is 10.0 Å². The molecule has 5 nitrogen and oxygen atoms in total. The Morgan fingerprint density at radius 3 is 2.29 bits per heavy atom. The summed E-state index contributed by atoms with van der Waals surface area (Å²) in [6.07, 6.45) is 4.14. The molecule has 0 aromatic heterocycles. The topological polar surface area (TPSA) is 58.6 Å². The Balaban J connectivity index is 1.70. The van der Waals surface area contributed by atoms with Gasteiger partial charge in [0, 0.05) is 25.2 Å². The minimum absolute atomic E-state index is 0.0885. The highest BCUT2D eigenvalue weighted by Gasteiger charge is 2.38. The lowest BCUT2D eigenvalue weighted by molar-refractivity contribution is 0.251. The standard InChI is InChI=1S/C18H28N2O3S/c1-13(2)12-23-17-6-8-18(9-7-17)24(21,22)20(3)16-10-14-4-5-15(11-16)19-14/h6-9,13-16,19H,4-5,10-12H2,1-3H3. The monoisotopic (exact) mass is 352 g/mol. The molecular formula is C18H28N2O3S. The van der Waals surface area contributed by atoms with Gasteiger partial charge in [0.05, 0.1) is 11.5 Å². The average Bonchev–Trinajstić information content (AvgIpc) is 2.90. The maximum atomic E-state index is 12.9. The fraction of sp³-hybridized carbons (Fsp3) is 0.667. The van der Waals surface area contributed by atoms with E-state index in [9.17, 15) is 8.42 Å². The number of sulfonamides is 1. The Bertz CT molecular complexity index is 645. The van der Waals surface area contributed by atoms with Gasteiger partial charge < -0.3 is 10.1 Å². The number of hydrogen-bond acceptors (Lipinski definition) is 4. The van der Waals surface area contributed by atoms with Crippen molar-refractivity contribution in [2.45, 2.75) is 62.6 Å². The third-order valence-corrected chi connectivity index (χ3v) is 6.97. The van der Waals surface area contributed by atoms with Gasteiger partial charge in [0.15, 0.2) is 0 Å². The third-order valence-electron chi connectivity index (χ3n) is 5.05. The van der Waals surface area contributed by atoms with Crippen LogP contribution in [0.1, 0.15) is 39.5 Å². The molecule has 2 bridgehead atoms. The molecule has 0 spiro atoms. The summed E-state index contributed by atoms with van der Waals surface area (Å²) in [7, 11) is -1.74. The molecule has 1 N–H and O–H groups in total. The molecule has 2 fully saturated rings. The first kappa shape index (κ1) is 17.7. The van der Waals surface area contributed by atoms with Crippen LogP contribution in [-0.4, -0.2) is 44.5 Å². The summed E-state index contributed by atoms with van der Waals surface area (Å²) >= 11 is 0. The SMILES string of the molecule is CC(C)COc1ccc(S(=O)(=O)N(C)C2CC3CCC(C2)N3)cc1. The van der Waals surface area contributed by atoms with Crippen molar-refractivity contribution in [1.29, 1.82) is 0 Å². The van der Waals surface area contributed by atoms with Crippen LogP contribution >= 0.6 is 0 Å². The summed E-state index contributed by atoms with van der Waals surface area (Å²) < 4.78 is 33.0. The van der Waals surface area contributed by atoms with Gasteiger partial charge in [-0.15, -0.1) is 0 Å². The molecule has 1 aromatic rings. The normalized spacial score (nSPS) is 27.0. The maximum absolute atomic E-state index is 12.9. The van der Waals surface area contributed by atoms with Crippen LogP contribution in [0.4, 0.5) is 0 Å². The first-order valence-electron chi connectivity index (χ1n) is 8.83. The Morgan fingerprint density at radius 1 is 1.17 bits per heavy atom. The van der Waals surface area contributed by atoms with Crippen molar-refractivity contribution < 1.29 is 13.2 Å². The number of ether oxygens (including phenoxy) is 1. The van der Waals surface area contributed by atoms with Crippen molar-refractivity contribution in [3.05, 3.63) is 24.3 Å². The highest BCUT2D eigenvalue weighted by molar-refractivity contribution is 7.89. The predicted molar refractivity (Wildman–Crippen MR) is 94.7 cm³/mol. The van der Waals surface area contributed by atoms with Crippen molar-refractivity contribution in [2.75, 3.05) is 13.7 Å². The van der Waals surface area contributed by atoms with E-state index in [2.05, 4.69) is 19.2 Å². The zero-order valence-corrected chi connectivity index (χ0v) is 15.6. The first-order chi connectivity index (χ1) is 11.4. The van der Waals surface area contributed by atoms with E-state index in [1.54, 1.807) is 35.6 Å². The molecular weight excluding hydrogens is 324 g/mol. The Kier molecular flexibility index (Phi) is 5.18. The van der Waals surface area contributed by atoms with Gasteiger partial charge in [0.2, 0.25) is 10.0 Å². The number of rotatable bonds is 6. The Hall–Kier alpha value is -1.11. The zero-order chi connectivity index (χ0) is 17.3. The fourth-order valence-corrected chi connectivity index (χ4v) is 5.03. The number of nitrogens with zero attached hydrogens (tertiary/aromatic N) is 1. The smallest absolute Gasteiger partial charge is 0.243 e. The first-order valence-corrected chi connectivity index (χ1v) is 10.3. The molecule has 2 saturated heterocycles. The second kappa shape index (κ2) is 7.02. The van der Waals surface area contributed by atoms with Gasteiger partial charge in [-0.3, -0.25) is 0 Å². The zero-order valence-electron chi connectivity index (χ0n) is 14.7. The highest BCUT2D eigenvalue weighted by Crippen LogP contribution is 2.32. The van der Waals surface area contributed by atoms with Crippen molar-refractivity contribution in [3.63, 3.8) is 0 Å². The van der Waals surface area contributed by atoms with Crippen LogP contribution < -0.4 is 10.1 Å². The van der Waals surface area contributed by atoms with Gasteiger partial charge in [0.25, 0.3) is 0 Å². The van der Waals surface area contributed by atoms with E-state index in [1.807, 2.05) is 0 Å². The van der Waals surface area contributed by atoms with Gasteiger partial charge in [-0.2, -0.15) is 4.31 Å². The molecule has 2 unspecified atom stereocenters. The van der Waals surface area contributed by atoms with Crippen molar-refractivity contribution >= 4 is 10.0 Å². The molecule has 2 heterocycles. The molecule has 0 amide bonds. The molecule has 0 radical (unpaired) electrons. The molecule has 2 atom stereocenters. The van der Waals surface area contributed by atoms with E-state index in [4.69, 9.17) is 4.74 Å². The molecule has 0 saturated carbocycles. The van der Waals surface area contributed by atoms with E-state index in [0.717, 1.165) is 25.7 Å². The largest absolute Gasteiger partial charge is 0.493 e. The molecule has 2 aliphatic heterocycles. The summed E-state index contributed by atoms with van der Waals surface area (Å²) in [5.74, 6) is 1.15. The van der Waals surface area contributed by atoms with Gasteiger partial charge in [-0.05, 0) is 55.9 Å². The van der Waals surface area contributed by atoms with E-state index >= 15 is 0 Å². The second-order valence-electron chi connectivity index (χ2n) is 7.46. The number of benzene rings is 1. The van der Waals surface area contributed by atoms with Crippen molar-refractivity contribution in [1.82, 2.24) is 9.62 Å². The number of fused-ring (bicyclic) bond motifs is 2. The maximum Gasteiger partial charge on any atom is 0.243 e. The molecule has 6 heteroatoms. The molecule has 134 valence electrons. The van der Waals surface area contributed by atoms with Gasteiger partial charge >= 0.3 is 0 Å². The second-order valence-corrected chi connectivity index (χ2v) is 9.46. The van der Waals surface area contributed by atoms with Crippen LogP contribution in [0.5, 0.6) is 5.75 Å². The number of nitrogens with one attached hydrogen (secondary N) is 1. The number of hydrogen-bond donors (Lipinski definition) is 1. The van der Waals surface area contributed by atoms with Gasteiger partial charge in [-0.25, -0.2) is 8.42 Å². The Labute approximate surface area is 145 Å².